The molecular formula is C13H11BrFN3O. The second-order valence-corrected chi connectivity index (χ2v) is 4.74. The molecule has 0 aromatic heterocycles. The van der Waals surface area contributed by atoms with Crippen molar-refractivity contribution in [3.63, 3.8) is 0 Å². The van der Waals surface area contributed by atoms with E-state index in [2.05, 4.69) is 21.2 Å². The summed E-state index contributed by atoms with van der Waals surface area (Å²) in [5.74, 6) is -0.957. The fourth-order valence-corrected chi connectivity index (χ4v) is 2.09. The number of anilines is 3. The predicted molar refractivity (Wildman–Crippen MR) is 76.8 cm³/mol. The number of hydrogen-bond donors (Lipinski definition) is 3. The lowest BCUT2D eigenvalue weighted by Gasteiger charge is -2.14. The van der Waals surface area contributed by atoms with Crippen molar-refractivity contribution in [1.29, 1.82) is 0 Å². The average Bonchev–Trinajstić information content (AvgIpc) is 2.34. The SMILES string of the molecule is NC(=O)c1cccc(N)c1Nc1ccc(F)cc1Br. The van der Waals surface area contributed by atoms with Crippen LogP contribution in [0.4, 0.5) is 21.5 Å². The van der Waals surface area contributed by atoms with E-state index < -0.39 is 5.91 Å². The first-order valence-corrected chi connectivity index (χ1v) is 6.18. The van der Waals surface area contributed by atoms with E-state index in [1.165, 1.54) is 18.2 Å². The van der Waals surface area contributed by atoms with Crippen molar-refractivity contribution in [1.82, 2.24) is 0 Å². The van der Waals surface area contributed by atoms with Gasteiger partial charge in [-0.15, -0.1) is 0 Å². The van der Waals surface area contributed by atoms with Crippen LogP contribution >= 0.6 is 15.9 Å². The molecule has 4 nitrogen and oxygen atoms in total. The Labute approximate surface area is 117 Å². The summed E-state index contributed by atoms with van der Waals surface area (Å²) < 4.78 is 13.5. The molecule has 0 aliphatic carbocycles. The van der Waals surface area contributed by atoms with E-state index >= 15 is 0 Å². The zero-order valence-corrected chi connectivity index (χ0v) is 11.4. The molecule has 2 aromatic rings. The van der Waals surface area contributed by atoms with E-state index in [0.29, 0.717) is 21.5 Å². The number of carbonyl (C=O) groups is 1. The smallest absolute Gasteiger partial charge is 0.250 e. The van der Waals surface area contributed by atoms with Gasteiger partial charge >= 0.3 is 0 Å². The highest BCUT2D eigenvalue weighted by molar-refractivity contribution is 9.10. The van der Waals surface area contributed by atoms with Crippen LogP contribution in [0.5, 0.6) is 0 Å². The molecule has 0 spiro atoms. The second-order valence-electron chi connectivity index (χ2n) is 3.88. The minimum Gasteiger partial charge on any atom is -0.397 e. The van der Waals surface area contributed by atoms with Crippen LogP contribution in [0.2, 0.25) is 0 Å². The van der Waals surface area contributed by atoms with Crippen LogP contribution in [-0.4, -0.2) is 5.91 Å². The number of nitrogen functional groups attached to an aromatic ring is 1. The number of primary amides is 1. The maximum atomic E-state index is 13.0. The van der Waals surface area contributed by atoms with Crippen molar-refractivity contribution in [3.05, 3.63) is 52.3 Å². The van der Waals surface area contributed by atoms with Gasteiger partial charge in [0.2, 0.25) is 0 Å². The quantitative estimate of drug-likeness (QED) is 0.759. The van der Waals surface area contributed by atoms with Crippen molar-refractivity contribution < 1.29 is 9.18 Å². The summed E-state index contributed by atoms with van der Waals surface area (Å²) in [6, 6.07) is 9.00. The van der Waals surface area contributed by atoms with Crippen molar-refractivity contribution in [2.75, 3.05) is 11.1 Å². The molecule has 0 aliphatic heterocycles. The second kappa shape index (κ2) is 5.27. The third kappa shape index (κ3) is 2.85. The Kier molecular flexibility index (Phi) is 3.71. The minimum absolute atomic E-state index is 0.274. The lowest BCUT2D eigenvalue weighted by Crippen LogP contribution is -2.14. The zero-order valence-electron chi connectivity index (χ0n) is 9.78. The van der Waals surface area contributed by atoms with Gasteiger partial charge in [-0.05, 0) is 46.3 Å². The molecular weight excluding hydrogens is 313 g/mol. The average molecular weight is 324 g/mol. The van der Waals surface area contributed by atoms with Gasteiger partial charge in [0, 0.05) is 4.47 Å². The summed E-state index contributed by atoms with van der Waals surface area (Å²) in [5, 5.41) is 2.98. The van der Waals surface area contributed by atoms with Gasteiger partial charge in [-0.25, -0.2) is 4.39 Å². The minimum atomic E-state index is -0.590. The number of para-hydroxylation sites is 1. The van der Waals surface area contributed by atoms with Gasteiger partial charge in [0.05, 0.1) is 22.6 Å². The first-order valence-electron chi connectivity index (χ1n) is 5.39. The van der Waals surface area contributed by atoms with Gasteiger partial charge in [-0.3, -0.25) is 4.79 Å². The van der Waals surface area contributed by atoms with Gasteiger partial charge in [0.1, 0.15) is 5.82 Å². The topological polar surface area (TPSA) is 81.1 Å². The zero-order chi connectivity index (χ0) is 14.0. The summed E-state index contributed by atoms with van der Waals surface area (Å²) >= 11 is 3.23. The summed E-state index contributed by atoms with van der Waals surface area (Å²) in [6.45, 7) is 0. The molecule has 0 heterocycles. The molecule has 6 heteroatoms. The number of hydrogen-bond acceptors (Lipinski definition) is 3. The van der Waals surface area contributed by atoms with Crippen LogP contribution in [0.1, 0.15) is 10.4 Å². The van der Waals surface area contributed by atoms with Crippen molar-refractivity contribution in [3.8, 4) is 0 Å². The summed E-state index contributed by atoms with van der Waals surface area (Å²) in [5.41, 5.74) is 12.8. The Morgan fingerprint density at radius 1 is 1.26 bits per heavy atom. The molecule has 0 atom stereocenters. The molecule has 0 saturated heterocycles. The molecule has 2 aromatic carbocycles. The number of nitrogens with one attached hydrogen (secondary N) is 1. The Morgan fingerprint density at radius 3 is 2.63 bits per heavy atom. The molecule has 0 bridgehead atoms. The Balaban J connectivity index is 2.46. The third-order valence-electron chi connectivity index (χ3n) is 2.55. The molecule has 0 fully saturated rings. The Hall–Kier alpha value is -2.08. The van der Waals surface area contributed by atoms with E-state index in [1.807, 2.05) is 0 Å². The van der Waals surface area contributed by atoms with Gasteiger partial charge in [-0.2, -0.15) is 0 Å². The highest BCUT2D eigenvalue weighted by Gasteiger charge is 2.12. The Bertz CT molecular complexity index is 646. The highest BCUT2D eigenvalue weighted by atomic mass is 79.9. The normalized spacial score (nSPS) is 10.2. The van der Waals surface area contributed by atoms with Crippen molar-refractivity contribution >= 4 is 38.9 Å². The highest BCUT2D eigenvalue weighted by Crippen LogP contribution is 2.31. The van der Waals surface area contributed by atoms with E-state index in [9.17, 15) is 9.18 Å². The number of benzene rings is 2. The van der Waals surface area contributed by atoms with Crippen molar-refractivity contribution in [2.45, 2.75) is 0 Å². The fraction of sp³-hybridized carbons (Fsp3) is 0. The van der Waals surface area contributed by atoms with Crippen LogP contribution < -0.4 is 16.8 Å². The van der Waals surface area contributed by atoms with Gasteiger partial charge in [-0.1, -0.05) is 6.07 Å². The molecule has 5 N–H and O–H groups in total. The van der Waals surface area contributed by atoms with Crippen LogP contribution in [0.15, 0.2) is 40.9 Å². The standard InChI is InChI=1S/C13H11BrFN3O/c14-9-6-7(15)4-5-11(9)18-12-8(13(17)19)2-1-3-10(12)16/h1-6,18H,16H2,(H2,17,19). The van der Waals surface area contributed by atoms with E-state index in [1.54, 1.807) is 18.2 Å². The fourth-order valence-electron chi connectivity index (χ4n) is 1.64. The maximum Gasteiger partial charge on any atom is 0.250 e. The molecule has 98 valence electrons. The van der Waals surface area contributed by atoms with Crippen LogP contribution in [-0.2, 0) is 0 Å². The molecule has 0 saturated carbocycles. The van der Waals surface area contributed by atoms with Gasteiger partial charge < -0.3 is 16.8 Å². The predicted octanol–water partition coefficient (Wildman–Crippen LogP) is 3.01. The lowest BCUT2D eigenvalue weighted by molar-refractivity contribution is 0.100. The molecule has 0 aliphatic rings. The summed E-state index contributed by atoms with van der Waals surface area (Å²) in [7, 11) is 0. The molecule has 0 radical (unpaired) electrons. The third-order valence-corrected chi connectivity index (χ3v) is 3.21. The van der Waals surface area contributed by atoms with Crippen LogP contribution in [0, 0.1) is 5.82 Å². The van der Waals surface area contributed by atoms with Gasteiger partial charge in [0.25, 0.3) is 5.91 Å². The number of nitrogens with two attached hydrogens (primary N) is 2. The molecule has 2 rings (SSSR count). The first-order chi connectivity index (χ1) is 8.99. The number of halogens is 2. The first kappa shape index (κ1) is 13.4. The largest absolute Gasteiger partial charge is 0.397 e. The molecule has 19 heavy (non-hydrogen) atoms. The number of amides is 1. The van der Waals surface area contributed by atoms with E-state index in [4.69, 9.17) is 11.5 Å². The van der Waals surface area contributed by atoms with Crippen LogP contribution in [0.25, 0.3) is 0 Å². The number of carbonyl (C=O) groups excluding carboxylic acids is 1. The lowest BCUT2D eigenvalue weighted by atomic mass is 10.1. The molecule has 1 amide bonds. The monoisotopic (exact) mass is 323 g/mol. The van der Waals surface area contributed by atoms with Crippen molar-refractivity contribution in [2.24, 2.45) is 5.73 Å². The number of rotatable bonds is 3. The van der Waals surface area contributed by atoms with Gasteiger partial charge in [0.15, 0.2) is 0 Å². The summed E-state index contributed by atoms with van der Waals surface area (Å²) in [6.07, 6.45) is 0. The van der Waals surface area contributed by atoms with E-state index in [-0.39, 0.29) is 11.4 Å². The van der Waals surface area contributed by atoms with E-state index in [0.717, 1.165) is 0 Å². The maximum absolute atomic E-state index is 13.0. The Morgan fingerprint density at radius 2 is 2.00 bits per heavy atom. The summed E-state index contributed by atoms with van der Waals surface area (Å²) in [4.78, 5) is 11.4. The molecule has 0 unspecified atom stereocenters. The van der Waals surface area contributed by atoms with Crippen LogP contribution in [0.3, 0.4) is 0 Å².